The molecule has 0 saturated heterocycles. The predicted octanol–water partition coefficient (Wildman–Crippen LogP) is 3.39. The largest absolute Gasteiger partial charge is 0.330 e. The van der Waals surface area contributed by atoms with Gasteiger partial charge in [-0.05, 0) is 24.3 Å². The van der Waals surface area contributed by atoms with Crippen molar-refractivity contribution >= 4 is 24.0 Å². The van der Waals surface area contributed by atoms with E-state index in [1.54, 1.807) is 18.3 Å². The summed E-state index contributed by atoms with van der Waals surface area (Å²) in [5.41, 5.74) is 1.83. The molecule has 1 aromatic carbocycles. The highest BCUT2D eigenvalue weighted by Crippen LogP contribution is 2.19. The summed E-state index contributed by atoms with van der Waals surface area (Å²) in [7, 11) is 1.89. The molecule has 1 heterocycles. The first kappa shape index (κ1) is 13.0. The van der Waals surface area contributed by atoms with Crippen LogP contribution < -0.4 is 0 Å². The average molecular weight is 261 g/mol. The molecular formula is C11H11Cl2FN2. The van der Waals surface area contributed by atoms with Crippen LogP contribution in [0.4, 0.5) is 4.39 Å². The van der Waals surface area contributed by atoms with Gasteiger partial charge in [0.2, 0.25) is 0 Å². The molecule has 0 spiro atoms. The van der Waals surface area contributed by atoms with Crippen molar-refractivity contribution in [3.8, 4) is 11.4 Å². The van der Waals surface area contributed by atoms with Crippen molar-refractivity contribution in [2.24, 2.45) is 7.05 Å². The first-order chi connectivity index (χ1) is 7.22. The Morgan fingerprint density at radius 1 is 1.31 bits per heavy atom. The van der Waals surface area contributed by atoms with Crippen LogP contribution in [0.5, 0.6) is 0 Å². The summed E-state index contributed by atoms with van der Waals surface area (Å²) < 4.78 is 14.6. The summed E-state index contributed by atoms with van der Waals surface area (Å²) in [4.78, 5) is 4.24. The Bertz CT molecular complexity index is 465. The molecule has 2 rings (SSSR count). The number of hydrogen-bond acceptors (Lipinski definition) is 1. The maximum Gasteiger partial charge on any atom is 0.139 e. The third-order valence-corrected chi connectivity index (χ3v) is 2.60. The highest BCUT2D eigenvalue weighted by atomic mass is 35.5. The van der Waals surface area contributed by atoms with Gasteiger partial charge in [0.1, 0.15) is 11.6 Å². The molecule has 16 heavy (non-hydrogen) atoms. The number of hydrogen-bond donors (Lipinski definition) is 0. The third kappa shape index (κ3) is 2.36. The van der Waals surface area contributed by atoms with E-state index in [1.165, 1.54) is 12.1 Å². The van der Waals surface area contributed by atoms with E-state index in [2.05, 4.69) is 4.98 Å². The van der Waals surface area contributed by atoms with Crippen LogP contribution in [0.15, 0.2) is 30.5 Å². The van der Waals surface area contributed by atoms with Crippen molar-refractivity contribution in [1.29, 1.82) is 0 Å². The lowest BCUT2D eigenvalue weighted by molar-refractivity contribution is 0.628. The van der Waals surface area contributed by atoms with Gasteiger partial charge < -0.3 is 4.57 Å². The lowest BCUT2D eigenvalue weighted by Crippen LogP contribution is -1.96. The quantitative estimate of drug-likeness (QED) is 0.758. The molecule has 1 aromatic heterocycles. The molecule has 0 bridgehead atoms. The van der Waals surface area contributed by atoms with Crippen LogP contribution in [0.1, 0.15) is 5.69 Å². The zero-order chi connectivity index (χ0) is 10.8. The lowest BCUT2D eigenvalue weighted by atomic mass is 10.2. The molecule has 86 valence electrons. The van der Waals surface area contributed by atoms with Crippen molar-refractivity contribution in [2.75, 3.05) is 0 Å². The summed E-state index contributed by atoms with van der Waals surface area (Å²) >= 11 is 5.74. The molecule has 0 aliphatic rings. The van der Waals surface area contributed by atoms with E-state index in [-0.39, 0.29) is 18.2 Å². The van der Waals surface area contributed by atoms with Crippen LogP contribution in [0.3, 0.4) is 0 Å². The van der Waals surface area contributed by atoms with Crippen LogP contribution in [0.2, 0.25) is 0 Å². The fourth-order valence-corrected chi connectivity index (χ4v) is 1.68. The lowest BCUT2D eigenvalue weighted by Gasteiger charge is -2.03. The number of alkyl halides is 1. The minimum absolute atomic E-state index is 0. The zero-order valence-corrected chi connectivity index (χ0v) is 10.2. The van der Waals surface area contributed by atoms with Crippen molar-refractivity contribution in [2.45, 2.75) is 5.88 Å². The maximum absolute atomic E-state index is 12.7. The summed E-state index contributed by atoms with van der Waals surface area (Å²) in [6, 6.07) is 6.25. The minimum Gasteiger partial charge on any atom is -0.330 e. The molecule has 0 saturated carbocycles. The molecule has 5 heteroatoms. The molecule has 2 aromatic rings. The molecule has 2 nitrogen and oxygen atoms in total. The van der Waals surface area contributed by atoms with Crippen LogP contribution >= 0.6 is 24.0 Å². The van der Waals surface area contributed by atoms with Gasteiger partial charge in [-0.25, -0.2) is 9.37 Å². The van der Waals surface area contributed by atoms with E-state index in [0.29, 0.717) is 5.88 Å². The number of halogens is 3. The molecule has 0 aliphatic heterocycles. The fraction of sp³-hybridized carbons (Fsp3) is 0.182. The van der Waals surface area contributed by atoms with Crippen LogP contribution in [-0.2, 0) is 12.9 Å². The van der Waals surface area contributed by atoms with Gasteiger partial charge in [0.15, 0.2) is 0 Å². The first-order valence-corrected chi connectivity index (χ1v) is 5.08. The van der Waals surface area contributed by atoms with E-state index in [4.69, 9.17) is 11.6 Å². The van der Waals surface area contributed by atoms with Gasteiger partial charge in [-0.1, -0.05) is 0 Å². The molecule has 0 unspecified atom stereocenters. The Kier molecular flexibility index (Phi) is 4.33. The number of rotatable bonds is 2. The zero-order valence-electron chi connectivity index (χ0n) is 8.65. The fourth-order valence-electron chi connectivity index (χ4n) is 1.44. The molecule has 0 atom stereocenters. The Balaban J connectivity index is 0.00000128. The highest BCUT2D eigenvalue weighted by molar-refractivity contribution is 6.16. The van der Waals surface area contributed by atoms with Gasteiger partial charge in [0.05, 0.1) is 17.8 Å². The van der Waals surface area contributed by atoms with E-state index in [0.717, 1.165) is 17.1 Å². The summed E-state index contributed by atoms with van der Waals surface area (Å²) in [6.07, 6.45) is 1.73. The minimum atomic E-state index is -0.245. The molecule has 0 amide bonds. The predicted molar refractivity (Wildman–Crippen MR) is 65.4 cm³/mol. The molecule has 0 aliphatic carbocycles. The average Bonchev–Trinajstić information content (AvgIpc) is 2.61. The normalized spacial score (nSPS) is 9.94. The molecular weight excluding hydrogens is 250 g/mol. The number of benzene rings is 1. The Labute approximate surface area is 104 Å². The number of imidazole rings is 1. The van der Waals surface area contributed by atoms with Crippen molar-refractivity contribution in [3.05, 3.63) is 42.0 Å². The summed E-state index contributed by atoms with van der Waals surface area (Å²) in [5, 5.41) is 0. The first-order valence-electron chi connectivity index (χ1n) is 4.55. The summed E-state index contributed by atoms with van der Waals surface area (Å²) in [6.45, 7) is 0. The van der Waals surface area contributed by atoms with Crippen LogP contribution in [0.25, 0.3) is 11.4 Å². The topological polar surface area (TPSA) is 17.8 Å². The van der Waals surface area contributed by atoms with E-state index in [9.17, 15) is 4.39 Å². The highest BCUT2D eigenvalue weighted by Gasteiger charge is 2.07. The van der Waals surface area contributed by atoms with Gasteiger partial charge >= 0.3 is 0 Å². The van der Waals surface area contributed by atoms with Gasteiger partial charge in [-0.2, -0.15) is 0 Å². The maximum atomic E-state index is 12.7. The third-order valence-electron chi connectivity index (χ3n) is 2.32. The SMILES string of the molecule is Cl.Cn1c(CCl)cnc1-c1ccc(F)cc1. The van der Waals surface area contributed by atoms with Crippen molar-refractivity contribution in [1.82, 2.24) is 9.55 Å². The van der Waals surface area contributed by atoms with Gasteiger partial charge in [-0.3, -0.25) is 0 Å². The van der Waals surface area contributed by atoms with Crippen molar-refractivity contribution in [3.63, 3.8) is 0 Å². The monoisotopic (exact) mass is 260 g/mol. The van der Waals surface area contributed by atoms with Gasteiger partial charge in [0, 0.05) is 12.6 Å². The number of aromatic nitrogens is 2. The summed E-state index contributed by atoms with van der Waals surface area (Å²) in [5.74, 6) is 0.973. The molecule has 0 N–H and O–H groups in total. The van der Waals surface area contributed by atoms with E-state index < -0.39 is 0 Å². The molecule has 0 radical (unpaired) electrons. The standard InChI is InChI=1S/C11H10ClFN2.ClH/c1-15-10(6-12)7-14-11(15)8-2-4-9(13)5-3-8;/h2-5,7H,6H2,1H3;1H. The second-order valence-electron chi connectivity index (χ2n) is 3.27. The van der Waals surface area contributed by atoms with Crippen LogP contribution in [-0.4, -0.2) is 9.55 Å². The van der Waals surface area contributed by atoms with Gasteiger partial charge in [0.25, 0.3) is 0 Å². The van der Waals surface area contributed by atoms with Gasteiger partial charge in [-0.15, -0.1) is 24.0 Å². The number of nitrogens with zero attached hydrogens (tertiary/aromatic N) is 2. The Morgan fingerprint density at radius 2 is 1.94 bits per heavy atom. The smallest absolute Gasteiger partial charge is 0.139 e. The second kappa shape index (κ2) is 5.32. The Hall–Kier alpha value is -1.06. The Morgan fingerprint density at radius 3 is 2.44 bits per heavy atom. The van der Waals surface area contributed by atoms with Crippen LogP contribution in [0, 0.1) is 5.82 Å². The van der Waals surface area contributed by atoms with E-state index in [1.807, 2.05) is 11.6 Å². The molecule has 0 fully saturated rings. The second-order valence-corrected chi connectivity index (χ2v) is 3.54. The van der Waals surface area contributed by atoms with Crippen molar-refractivity contribution < 1.29 is 4.39 Å². The van der Waals surface area contributed by atoms with E-state index >= 15 is 0 Å².